The number of hydrogen-bond donors (Lipinski definition) is 0. The summed E-state index contributed by atoms with van der Waals surface area (Å²) in [6.45, 7) is 0.912. The first-order valence-corrected chi connectivity index (χ1v) is 17.4. The molecule has 49 heavy (non-hydrogen) atoms. The largest absolute Gasteiger partial charge is 0.493 e. The third-order valence-corrected chi connectivity index (χ3v) is 8.60. The maximum atomic E-state index is 14.5. The second kappa shape index (κ2) is 19.9. The number of hydrogen-bond acceptors (Lipinski definition) is 2. The summed E-state index contributed by atoms with van der Waals surface area (Å²) in [6.07, 6.45) is 9.58. The number of benzene rings is 4. The van der Waals surface area contributed by atoms with E-state index in [1.165, 1.54) is 60.7 Å². The molecule has 0 atom stereocenters. The topological polar surface area (TPSA) is 18.5 Å². The molecule has 0 aliphatic carbocycles. The van der Waals surface area contributed by atoms with Crippen molar-refractivity contribution in [1.29, 1.82) is 0 Å². The molecule has 0 amide bonds. The smallest absolute Gasteiger partial charge is 0.248 e. The fraction of sp³-hybridized carbons (Fsp3) is 0.415. The van der Waals surface area contributed by atoms with Gasteiger partial charge in [0.1, 0.15) is 34.8 Å². The molecule has 0 aromatic heterocycles. The number of unbranched alkanes of at least 4 members (excludes halogenated alkanes) is 10. The van der Waals surface area contributed by atoms with E-state index in [0.717, 1.165) is 64.2 Å². The summed E-state index contributed by atoms with van der Waals surface area (Å²) in [5.41, 5.74) is 1.97. The van der Waals surface area contributed by atoms with Crippen LogP contribution in [0.4, 0.5) is 26.3 Å². The SMILES string of the molecule is Fc1ccc(-c2ccc(OCCCCCCCCC(F)(F)CCCCCCCCOc3ccc(-c4ccc(F)cc4)c(F)c3)cc2F)cc1. The number of ether oxygens (including phenoxy) is 2. The molecule has 4 aromatic rings. The molecule has 0 saturated heterocycles. The van der Waals surface area contributed by atoms with Crippen LogP contribution < -0.4 is 9.47 Å². The molecular weight excluding hydrogens is 638 g/mol. The molecule has 0 saturated carbocycles. The average molecular weight is 685 g/mol. The lowest BCUT2D eigenvalue weighted by molar-refractivity contribution is -0.0206. The van der Waals surface area contributed by atoms with Crippen molar-refractivity contribution in [2.75, 3.05) is 13.2 Å². The number of alkyl halides is 2. The maximum Gasteiger partial charge on any atom is 0.248 e. The Labute approximate surface area is 286 Å². The molecule has 0 aliphatic rings. The lowest BCUT2D eigenvalue weighted by Crippen LogP contribution is -2.15. The van der Waals surface area contributed by atoms with Gasteiger partial charge in [0, 0.05) is 36.1 Å². The molecular formula is C41H46F6O2. The van der Waals surface area contributed by atoms with Crippen LogP contribution in [0, 0.1) is 23.3 Å². The third kappa shape index (κ3) is 13.5. The maximum absolute atomic E-state index is 14.5. The third-order valence-electron chi connectivity index (χ3n) is 8.60. The molecule has 4 rings (SSSR count). The molecule has 0 aliphatic heterocycles. The van der Waals surface area contributed by atoms with Crippen LogP contribution in [0.25, 0.3) is 22.3 Å². The molecule has 0 fully saturated rings. The first-order chi connectivity index (χ1) is 23.7. The zero-order valence-corrected chi connectivity index (χ0v) is 28.0. The molecule has 0 radical (unpaired) electrons. The predicted octanol–water partition coefficient (Wildman–Crippen LogP) is 13.1. The van der Waals surface area contributed by atoms with E-state index < -0.39 is 17.6 Å². The first kappa shape index (κ1) is 37.9. The van der Waals surface area contributed by atoms with E-state index in [1.54, 1.807) is 24.3 Å². The Morgan fingerprint density at radius 1 is 0.408 bits per heavy atom. The summed E-state index contributed by atoms with van der Waals surface area (Å²) in [4.78, 5) is 0. The summed E-state index contributed by atoms with van der Waals surface area (Å²) < 4.78 is 95.1. The van der Waals surface area contributed by atoms with E-state index in [9.17, 15) is 26.3 Å². The van der Waals surface area contributed by atoms with E-state index in [0.29, 0.717) is 59.8 Å². The van der Waals surface area contributed by atoms with Crippen molar-refractivity contribution in [3.05, 3.63) is 108 Å². The molecule has 0 bridgehead atoms. The second-order valence-electron chi connectivity index (χ2n) is 12.6. The number of rotatable bonds is 22. The number of halogens is 6. The minimum absolute atomic E-state index is 0.0710. The van der Waals surface area contributed by atoms with Gasteiger partial charge in [0.25, 0.3) is 0 Å². The molecule has 264 valence electrons. The normalized spacial score (nSPS) is 11.6. The molecule has 0 unspecified atom stereocenters. The summed E-state index contributed by atoms with van der Waals surface area (Å²) in [6, 6.07) is 20.6. The summed E-state index contributed by atoms with van der Waals surface area (Å²) >= 11 is 0. The van der Waals surface area contributed by atoms with Crippen molar-refractivity contribution in [2.45, 2.75) is 95.8 Å². The summed E-state index contributed by atoms with van der Waals surface area (Å²) in [5.74, 6) is -3.33. The van der Waals surface area contributed by atoms with Gasteiger partial charge in [-0.25, -0.2) is 26.3 Å². The van der Waals surface area contributed by atoms with Gasteiger partial charge in [-0.3, -0.25) is 0 Å². The minimum atomic E-state index is -2.62. The molecule has 2 nitrogen and oxygen atoms in total. The highest BCUT2D eigenvalue weighted by Crippen LogP contribution is 2.30. The Hall–Kier alpha value is -3.94. The van der Waals surface area contributed by atoms with Crippen molar-refractivity contribution in [1.82, 2.24) is 0 Å². The predicted molar refractivity (Wildman–Crippen MR) is 184 cm³/mol. The molecule has 0 N–H and O–H groups in total. The monoisotopic (exact) mass is 684 g/mol. The molecule has 4 aromatic carbocycles. The second-order valence-corrected chi connectivity index (χ2v) is 12.6. The van der Waals surface area contributed by atoms with Gasteiger partial charge < -0.3 is 9.47 Å². The minimum Gasteiger partial charge on any atom is -0.493 e. The summed E-state index contributed by atoms with van der Waals surface area (Å²) in [7, 11) is 0. The van der Waals surface area contributed by atoms with Gasteiger partial charge in [-0.05, 0) is 85.3 Å². The molecule has 0 heterocycles. The van der Waals surface area contributed by atoms with Crippen LogP contribution in [0.1, 0.15) is 89.9 Å². The van der Waals surface area contributed by atoms with Crippen molar-refractivity contribution >= 4 is 0 Å². The van der Waals surface area contributed by atoms with Crippen molar-refractivity contribution in [2.24, 2.45) is 0 Å². The van der Waals surface area contributed by atoms with Gasteiger partial charge >= 0.3 is 0 Å². The van der Waals surface area contributed by atoms with Crippen molar-refractivity contribution in [3.8, 4) is 33.8 Å². The van der Waals surface area contributed by atoms with Gasteiger partial charge in [0.15, 0.2) is 0 Å². The van der Waals surface area contributed by atoms with E-state index in [4.69, 9.17) is 9.47 Å². The van der Waals surface area contributed by atoms with Crippen LogP contribution in [-0.4, -0.2) is 19.1 Å². The van der Waals surface area contributed by atoms with Gasteiger partial charge in [-0.15, -0.1) is 0 Å². The van der Waals surface area contributed by atoms with Crippen LogP contribution in [0.5, 0.6) is 11.5 Å². The first-order valence-electron chi connectivity index (χ1n) is 17.4. The summed E-state index contributed by atoms with van der Waals surface area (Å²) in [5, 5.41) is 0. The van der Waals surface area contributed by atoms with E-state index in [2.05, 4.69) is 0 Å². The van der Waals surface area contributed by atoms with Crippen LogP contribution >= 0.6 is 0 Å². The standard InChI is InChI=1S/C41H46F6O2/c42-33-17-13-31(14-18-33)37-23-21-35(29-39(37)44)48-27-11-7-3-1-5-9-25-41(46,47)26-10-6-2-4-8-12-28-49-36-22-24-38(40(45)30-36)32-15-19-34(43)20-16-32/h13-24,29-30H,1-12,25-28H2. The van der Waals surface area contributed by atoms with Gasteiger partial charge in [-0.2, -0.15) is 0 Å². The van der Waals surface area contributed by atoms with Crippen LogP contribution in [0.3, 0.4) is 0 Å². The highest BCUT2D eigenvalue weighted by atomic mass is 19.3. The van der Waals surface area contributed by atoms with E-state index >= 15 is 0 Å². The van der Waals surface area contributed by atoms with E-state index in [-0.39, 0.29) is 24.5 Å². The zero-order valence-electron chi connectivity index (χ0n) is 28.0. The Morgan fingerprint density at radius 2 is 0.755 bits per heavy atom. The van der Waals surface area contributed by atoms with E-state index in [1.807, 2.05) is 0 Å². The van der Waals surface area contributed by atoms with Gasteiger partial charge in [-0.1, -0.05) is 75.6 Å². The van der Waals surface area contributed by atoms with Crippen LogP contribution in [-0.2, 0) is 0 Å². The average Bonchev–Trinajstić information content (AvgIpc) is 3.08. The fourth-order valence-corrected chi connectivity index (χ4v) is 5.79. The highest BCUT2D eigenvalue weighted by molar-refractivity contribution is 5.65. The van der Waals surface area contributed by atoms with Crippen molar-refractivity contribution in [3.63, 3.8) is 0 Å². The Bertz CT molecular complexity index is 1420. The quantitative estimate of drug-likeness (QED) is 0.0606. The zero-order chi connectivity index (χ0) is 34.9. The van der Waals surface area contributed by atoms with Gasteiger partial charge in [0.05, 0.1) is 13.2 Å². The molecule has 8 heteroatoms. The fourth-order valence-electron chi connectivity index (χ4n) is 5.79. The lowest BCUT2D eigenvalue weighted by Gasteiger charge is -2.16. The molecule has 0 spiro atoms. The van der Waals surface area contributed by atoms with Crippen molar-refractivity contribution < 1.29 is 35.8 Å². The Balaban J connectivity index is 0.950. The Kier molecular flexibility index (Phi) is 15.4. The van der Waals surface area contributed by atoms with Crippen LogP contribution in [0.2, 0.25) is 0 Å². The van der Waals surface area contributed by atoms with Crippen LogP contribution in [0.15, 0.2) is 84.9 Å². The highest BCUT2D eigenvalue weighted by Gasteiger charge is 2.27. The Morgan fingerprint density at radius 3 is 1.12 bits per heavy atom. The van der Waals surface area contributed by atoms with Gasteiger partial charge in [0.2, 0.25) is 5.92 Å². The lowest BCUT2D eigenvalue weighted by atomic mass is 10.0.